The molecular weight excluding hydrogens is 253 g/mol. The Labute approximate surface area is 103 Å². The number of halogens is 3. The van der Waals surface area contributed by atoms with E-state index in [1.54, 1.807) is 0 Å². The number of carbonyl (C=O) groups excluding carboxylic acids is 1. The van der Waals surface area contributed by atoms with Crippen LogP contribution in [-0.2, 0) is 19.0 Å². The number of hydrogen-bond donors (Lipinski definition) is 0. The van der Waals surface area contributed by atoms with E-state index in [0.717, 1.165) is 0 Å². The molecule has 0 bridgehead atoms. The summed E-state index contributed by atoms with van der Waals surface area (Å²) in [4.78, 5) is 10.5. The Hall–Kier alpha value is -0.820. The maximum Gasteiger partial charge on any atom is 0.490 e. The summed E-state index contributed by atoms with van der Waals surface area (Å²) in [6.07, 6.45) is -4.87. The zero-order valence-corrected chi connectivity index (χ0v) is 10.5. The van der Waals surface area contributed by atoms with Gasteiger partial charge in [0.1, 0.15) is 0 Å². The second kappa shape index (κ2) is 5.44. The van der Waals surface area contributed by atoms with E-state index >= 15 is 0 Å². The molecule has 0 aromatic heterocycles. The van der Waals surface area contributed by atoms with E-state index in [0.29, 0.717) is 6.42 Å². The minimum atomic E-state index is -4.96. The third-order valence-electron chi connectivity index (χ3n) is 2.43. The molecule has 0 saturated carbocycles. The summed E-state index contributed by atoms with van der Waals surface area (Å²) in [5.74, 6) is -2.19. The van der Waals surface area contributed by atoms with Crippen LogP contribution >= 0.6 is 0 Å². The van der Waals surface area contributed by atoms with Crippen molar-refractivity contribution < 1.29 is 32.2 Å². The molecule has 4 nitrogen and oxygen atoms in total. The predicted molar refractivity (Wildman–Crippen MR) is 55.7 cm³/mol. The third-order valence-corrected chi connectivity index (χ3v) is 2.43. The first-order valence-electron chi connectivity index (χ1n) is 5.67. The summed E-state index contributed by atoms with van der Waals surface area (Å²) >= 11 is 0. The van der Waals surface area contributed by atoms with Crippen LogP contribution in [-0.4, -0.2) is 36.7 Å². The van der Waals surface area contributed by atoms with Crippen LogP contribution < -0.4 is 0 Å². The van der Waals surface area contributed by atoms with E-state index in [1.807, 2.05) is 20.8 Å². The summed E-state index contributed by atoms with van der Waals surface area (Å²) in [5, 5.41) is 0. The largest absolute Gasteiger partial charge is 0.490 e. The number of esters is 1. The highest BCUT2D eigenvalue weighted by Crippen LogP contribution is 2.28. The Balaban J connectivity index is 2.34. The maximum atomic E-state index is 11.9. The van der Waals surface area contributed by atoms with Crippen LogP contribution in [0.4, 0.5) is 13.2 Å². The summed E-state index contributed by atoms with van der Waals surface area (Å²) in [6, 6.07) is 0. The normalized spacial score (nSPS) is 27.9. The van der Waals surface area contributed by atoms with Gasteiger partial charge in [-0.05, 0) is 20.8 Å². The fourth-order valence-corrected chi connectivity index (χ4v) is 1.89. The number of carbonyl (C=O) groups is 1. The van der Waals surface area contributed by atoms with E-state index in [9.17, 15) is 18.0 Å². The Bertz CT molecular complexity index is 301. The van der Waals surface area contributed by atoms with Crippen LogP contribution in [0.2, 0.25) is 0 Å². The Morgan fingerprint density at radius 3 is 2.56 bits per heavy atom. The Morgan fingerprint density at radius 1 is 1.44 bits per heavy atom. The van der Waals surface area contributed by atoms with Gasteiger partial charge in [0.15, 0.2) is 6.29 Å². The fraction of sp³-hybridized carbons (Fsp3) is 0.909. The molecule has 0 aliphatic carbocycles. The lowest BCUT2D eigenvalue weighted by molar-refractivity contribution is -0.273. The van der Waals surface area contributed by atoms with Crippen LogP contribution in [0.1, 0.15) is 33.6 Å². The van der Waals surface area contributed by atoms with Gasteiger partial charge in [0, 0.05) is 12.8 Å². The number of ether oxygens (including phenoxy) is 3. The third kappa shape index (κ3) is 4.81. The fourth-order valence-electron chi connectivity index (χ4n) is 1.89. The van der Waals surface area contributed by atoms with Gasteiger partial charge in [0.2, 0.25) is 0 Å². The maximum absolute atomic E-state index is 11.9. The van der Waals surface area contributed by atoms with Crippen molar-refractivity contribution >= 4 is 5.97 Å². The molecule has 1 aliphatic rings. The Kier molecular flexibility index (Phi) is 4.61. The van der Waals surface area contributed by atoms with Gasteiger partial charge in [0.05, 0.1) is 18.3 Å². The number of rotatable bonds is 3. The second-order valence-electron chi connectivity index (χ2n) is 4.88. The van der Waals surface area contributed by atoms with Crippen molar-refractivity contribution in [3.63, 3.8) is 0 Å². The van der Waals surface area contributed by atoms with Crippen LogP contribution in [0.15, 0.2) is 0 Å². The Morgan fingerprint density at radius 2 is 2.06 bits per heavy atom. The molecule has 0 aromatic rings. The molecule has 1 heterocycles. The van der Waals surface area contributed by atoms with Crippen molar-refractivity contribution in [3.8, 4) is 0 Å². The monoisotopic (exact) mass is 270 g/mol. The molecule has 0 amide bonds. The molecule has 7 heteroatoms. The van der Waals surface area contributed by atoms with Gasteiger partial charge in [-0.25, -0.2) is 4.79 Å². The summed E-state index contributed by atoms with van der Waals surface area (Å²) < 4.78 is 50.6. The summed E-state index contributed by atoms with van der Waals surface area (Å²) in [7, 11) is 0. The highest BCUT2D eigenvalue weighted by molar-refractivity contribution is 5.75. The summed E-state index contributed by atoms with van der Waals surface area (Å²) in [5.41, 5.74) is -0.392. The van der Waals surface area contributed by atoms with Crippen LogP contribution in [0.3, 0.4) is 0 Å². The van der Waals surface area contributed by atoms with Crippen LogP contribution in [0, 0.1) is 0 Å². The molecule has 2 unspecified atom stereocenters. The lowest BCUT2D eigenvalue weighted by Crippen LogP contribution is -2.43. The molecule has 1 saturated heterocycles. The van der Waals surface area contributed by atoms with E-state index in [2.05, 4.69) is 4.74 Å². The van der Waals surface area contributed by atoms with E-state index < -0.39 is 24.0 Å². The molecule has 0 spiro atoms. The average Bonchev–Trinajstić information content (AvgIpc) is 2.12. The first-order valence-corrected chi connectivity index (χ1v) is 5.67. The first-order chi connectivity index (χ1) is 8.10. The van der Waals surface area contributed by atoms with Crippen molar-refractivity contribution in [2.75, 3.05) is 6.61 Å². The predicted octanol–water partition coefficient (Wildman–Crippen LogP) is 2.41. The molecule has 106 valence electrons. The van der Waals surface area contributed by atoms with E-state index in [-0.39, 0.29) is 19.1 Å². The van der Waals surface area contributed by atoms with Crippen molar-refractivity contribution in [2.24, 2.45) is 0 Å². The second-order valence-corrected chi connectivity index (χ2v) is 4.88. The number of alkyl halides is 3. The van der Waals surface area contributed by atoms with Gasteiger partial charge in [0.25, 0.3) is 0 Å². The van der Waals surface area contributed by atoms with E-state index in [4.69, 9.17) is 9.47 Å². The van der Waals surface area contributed by atoms with Crippen molar-refractivity contribution in [1.82, 2.24) is 0 Å². The van der Waals surface area contributed by atoms with Crippen molar-refractivity contribution in [1.29, 1.82) is 0 Å². The quantitative estimate of drug-likeness (QED) is 0.739. The van der Waals surface area contributed by atoms with Gasteiger partial charge < -0.3 is 14.2 Å². The topological polar surface area (TPSA) is 44.8 Å². The van der Waals surface area contributed by atoms with Gasteiger partial charge in [-0.3, -0.25) is 0 Å². The molecule has 1 aliphatic heterocycles. The molecule has 0 radical (unpaired) electrons. The molecule has 1 rings (SSSR count). The van der Waals surface area contributed by atoms with Crippen molar-refractivity contribution in [3.05, 3.63) is 0 Å². The van der Waals surface area contributed by atoms with Crippen LogP contribution in [0.25, 0.3) is 0 Å². The van der Waals surface area contributed by atoms with Gasteiger partial charge >= 0.3 is 12.1 Å². The lowest BCUT2D eigenvalue weighted by Gasteiger charge is -2.39. The van der Waals surface area contributed by atoms with Gasteiger partial charge in [-0.15, -0.1) is 0 Å². The molecular formula is C11H17F3O4. The molecule has 1 fully saturated rings. The summed E-state index contributed by atoms with van der Waals surface area (Å²) in [6.45, 7) is 5.23. The standard InChI is InChI=1S/C11H17F3O4/c1-7-6-10(2,3)18-8(17-7)4-5-16-9(15)11(12,13)14/h7-8H,4-6H2,1-3H3. The minimum Gasteiger partial charge on any atom is -0.459 e. The first kappa shape index (κ1) is 15.2. The molecule has 2 atom stereocenters. The highest BCUT2D eigenvalue weighted by Gasteiger charge is 2.41. The minimum absolute atomic E-state index is 0.0444. The van der Waals surface area contributed by atoms with Gasteiger partial charge in [-0.1, -0.05) is 0 Å². The highest BCUT2D eigenvalue weighted by atomic mass is 19.4. The van der Waals surface area contributed by atoms with E-state index in [1.165, 1.54) is 0 Å². The average molecular weight is 270 g/mol. The zero-order valence-electron chi connectivity index (χ0n) is 10.5. The number of hydrogen-bond acceptors (Lipinski definition) is 4. The zero-order chi connectivity index (χ0) is 14.0. The SMILES string of the molecule is CC1CC(C)(C)OC(CCOC(=O)C(F)(F)F)O1. The lowest BCUT2D eigenvalue weighted by atomic mass is 10.00. The molecule has 18 heavy (non-hydrogen) atoms. The smallest absolute Gasteiger partial charge is 0.459 e. The van der Waals surface area contributed by atoms with Gasteiger partial charge in [-0.2, -0.15) is 13.2 Å². The van der Waals surface area contributed by atoms with Crippen LogP contribution in [0.5, 0.6) is 0 Å². The van der Waals surface area contributed by atoms with Crippen molar-refractivity contribution in [2.45, 2.75) is 57.8 Å². The molecule has 0 N–H and O–H groups in total. The molecule has 0 aromatic carbocycles.